The van der Waals surface area contributed by atoms with Crippen LogP contribution >= 0.6 is 0 Å². The summed E-state index contributed by atoms with van der Waals surface area (Å²) in [6.45, 7) is 7.76. The van der Waals surface area contributed by atoms with Gasteiger partial charge in [-0.05, 0) is 47.2 Å². The fourth-order valence-corrected chi connectivity index (χ4v) is 3.27. The first-order chi connectivity index (χ1) is 12.1. The van der Waals surface area contributed by atoms with E-state index >= 15 is 0 Å². The van der Waals surface area contributed by atoms with E-state index in [2.05, 4.69) is 45.0 Å². The van der Waals surface area contributed by atoms with Gasteiger partial charge in [-0.3, -0.25) is 0 Å². The zero-order valence-electron chi connectivity index (χ0n) is 15.0. The first-order valence-corrected chi connectivity index (χ1v) is 8.97. The molecular weight excluding hydrogens is 316 g/mol. The Morgan fingerprint density at radius 1 is 0.800 bits per heavy atom. The zero-order valence-corrected chi connectivity index (χ0v) is 15.0. The molecule has 0 amide bonds. The van der Waals surface area contributed by atoms with Crippen molar-refractivity contribution in [3.63, 3.8) is 0 Å². The molecule has 0 aliphatic carbocycles. The Balaban J connectivity index is 1.44. The molecule has 132 valence electrons. The van der Waals surface area contributed by atoms with Crippen LogP contribution in [0.3, 0.4) is 0 Å². The smallest absolute Gasteiger partial charge is 0.242 e. The number of ether oxygens (including phenoxy) is 4. The van der Waals surface area contributed by atoms with Crippen molar-refractivity contribution in [1.29, 1.82) is 0 Å². The van der Waals surface area contributed by atoms with Gasteiger partial charge in [0.2, 0.25) is 6.29 Å². The average Bonchev–Trinajstić information content (AvgIpc) is 3.02. The molecule has 2 aromatic rings. The van der Waals surface area contributed by atoms with Crippen LogP contribution in [0.25, 0.3) is 0 Å². The molecule has 4 rings (SSSR count). The summed E-state index contributed by atoms with van der Waals surface area (Å²) in [4.78, 5) is 0. The van der Waals surface area contributed by atoms with E-state index in [0.717, 1.165) is 29.4 Å². The van der Waals surface area contributed by atoms with Gasteiger partial charge in [0, 0.05) is 6.42 Å². The molecular formula is C21H24O4. The van der Waals surface area contributed by atoms with Crippen LogP contribution in [0.4, 0.5) is 0 Å². The van der Waals surface area contributed by atoms with Gasteiger partial charge in [-0.25, -0.2) is 0 Å². The minimum absolute atomic E-state index is 0.249. The maximum absolute atomic E-state index is 6.02. The summed E-state index contributed by atoms with van der Waals surface area (Å²) in [6.07, 6.45) is 0.534. The summed E-state index contributed by atoms with van der Waals surface area (Å²) in [5, 5.41) is 0. The van der Waals surface area contributed by atoms with Crippen molar-refractivity contribution >= 4 is 0 Å². The van der Waals surface area contributed by atoms with Gasteiger partial charge in [0.25, 0.3) is 0 Å². The van der Waals surface area contributed by atoms with Crippen molar-refractivity contribution in [2.75, 3.05) is 13.2 Å². The number of hydrogen-bond acceptors (Lipinski definition) is 4. The van der Waals surface area contributed by atoms with Gasteiger partial charge >= 0.3 is 0 Å². The third-order valence-corrected chi connectivity index (χ3v) is 4.83. The van der Waals surface area contributed by atoms with E-state index in [1.54, 1.807) is 0 Å². The lowest BCUT2D eigenvalue weighted by Crippen LogP contribution is -2.20. The van der Waals surface area contributed by atoms with Gasteiger partial charge in [0.15, 0.2) is 23.0 Å². The second-order valence-corrected chi connectivity index (χ2v) is 7.07. The Morgan fingerprint density at radius 3 is 2.24 bits per heavy atom. The fraction of sp³-hybridized carbons (Fsp3) is 0.429. The van der Waals surface area contributed by atoms with Crippen molar-refractivity contribution in [3.8, 4) is 23.0 Å². The summed E-state index contributed by atoms with van der Waals surface area (Å²) in [5.41, 5.74) is 2.47. The minimum Gasteiger partial charge on any atom is -0.486 e. The highest BCUT2D eigenvalue weighted by Gasteiger charge is 2.27. The van der Waals surface area contributed by atoms with Gasteiger partial charge in [-0.2, -0.15) is 0 Å². The van der Waals surface area contributed by atoms with Crippen LogP contribution in [-0.2, 0) is 0 Å². The van der Waals surface area contributed by atoms with E-state index in [9.17, 15) is 0 Å². The third kappa shape index (κ3) is 3.26. The largest absolute Gasteiger partial charge is 0.486 e. The highest BCUT2D eigenvalue weighted by atomic mass is 16.7. The molecule has 4 heteroatoms. The van der Waals surface area contributed by atoms with Crippen molar-refractivity contribution in [3.05, 3.63) is 47.5 Å². The van der Waals surface area contributed by atoms with E-state index in [-0.39, 0.29) is 6.29 Å². The van der Waals surface area contributed by atoms with E-state index in [1.807, 2.05) is 12.1 Å². The Labute approximate surface area is 148 Å². The van der Waals surface area contributed by atoms with Gasteiger partial charge in [0.05, 0.1) is 0 Å². The quantitative estimate of drug-likeness (QED) is 0.795. The normalized spacial score (nSPS) is 19.1. The van der Waals surface area contributed by atoms with Crippen LogP contribution in [-0.4, -0.2) is 19.5 Å². The summed E-state index contributed by atoms with van der Waals surface area (Å²) < 4.78 is 23.3. The predicted octanol–water partition coefficient (Wildman–Crippen LogP) is 4.87. The topological polar surface area (TPSA) is 36.9 Å². The first kappa shape index (κ1) is 16.1. The van der Waals surface area contributed by atoms with Gasteiger partial charge < -0.3 is 18.9 Å². The lowest BCUT2D eigenvalue weighted by atomic mass is 9.97. The maximum atomic E-state index is 6.02. The molecule has 2 atom stereocenters. The lowest BCUT2D eigenvalue weighted by molar-refractivity contribution is 0.0367. The van der Waals surface area contributed by atoms with E-state index < -0.39 is 0 Å². The molecule has 0 bridgehead atoms. The van der Waals surface area contributed by atoms with E-state index in [0.29, 0.717) is 25.0 Å². The van der Waals surface area contributed by atoms with Gasteiger partial charge in [-0.15, -0.1) is 0 Å². The Kier molecular flexibility index (Phi) is 4.20. The van der Waals surface area contributed by atoms with Crippen LogP contribution in [0.1, 0.15) is 50.2 Å². The van der Waals surface area contributed by atoms with Crippen molar-refractivity contribution < 1.29 is 18.9 Å². The molecule has 2 aromatic carbocycles. The highest BCUT2D eigenvalue weighted by molar-refractivity contribution is 5.46. The summed E-state index contributed by atoms with van der Waals surface area (Å²) in [6, 6.07) is 12.4. The van der Waals surface area contributed by atoms with Crippen molar-refractivity contribution in [2.24, 2.45) is 0 Å². The Bertz CT molecular complexity index is 768. The first-order valence-electron chi connectivity index (χ1n) is 8.97. The molecule has 0 fully saturated rings. The number of hydrogen-bond donors (Lipinski definition) is 0. The zero-order chi connectivity index (χ0) is 17.4. The van der Waals surface area contributed by atoms with Crippen LogP contribution in [0.5, 0.6) is 23.0 Å². The van der Waals surface area contributed by atoms with Crippen molar-refractivity contribution in [1.82, 2.24) is 0 Å². The van der Waals surface area contributed by atoms with Crippen LogP contribution in [0, 0.1) is 0 Å². The summed E-state index contributed by atoms with van der Waals surface area (Å²) in [5.74, 6) is 4.11. The van der Waals surface area contributed by atoms with Crippen LogP contribution in [0.2, 0.25) is 0 Å². The second kappa shape index (κ2) is 6.51. The molecule has 4 nitrogen and oxygen atoms in total. The molecule has 0 N–H and O–H groups in total. The minimum atomic E-state index is -0.249. The molecule has 2 heterocycles. The molecule has 0 saturated heterocycles. The van der Waals surface area contributed by atoms with Gasteiger partial charge in [0.1, 0.15) is 13.2 Å². The fourth-order valence-electron chi connectivity index (χ4n) is 3.27. The van der Waals surface area contributed by atoms with Crippen molar-refractivity contribution in [2.45, 2.75) is 45.3 Å². The molecule has 0 radical (unpaired) electrons. The monoisotopic (exact) mass is 340 g/mol. The Hall–Kier alpha value is -2.36. The standard InChI is InChI=1S/C21H24O4/c1-13(2)15-4-7-18-20(11-15)25-21(24-18)10-14(3)16-5-6-17-19(12-16)23-9-8-22-17/h4-7,11-14,21H,8-10H2,1-3H3. The molecule has 0 saturated carbocycles. The average molecular weight is 340 g/mol. The Morgan fingerprint density at radius 2 is 1.44 bits per heavy atom. The molecule has 2 unspecified atom stereocenters. The summed E-state index contributed by atoms with van der Waals surface area (Å²) >= 11 is 0. The number of rotatable bonds is 4. The van der Waals surface area contributed by atoms with Crippen LogP contribution < -0.4 is 18.9 Å². The van der Waals surface area contributed by atoms with E-state index in [4.69, 9.17) is 18.9 Å². The van der Waals surface area contributed by atoms with Gasteiger partial charge in [-0.1, -0.05) is 32.9 Å². The highest BCUT2D eigenvalue weighted by Crippen LogP contribution is 2.40. The summed E-state index contributed by atoms with van der Waals surface area (Å²) in [7, 11) is 0. The van der Waals surface area contributed by atoms with Crippen LogP contribution in [0.15, 0.2) is 36.4 Å². The number of benzene rings is 2. The molecule has 2 aliphatic heterocycles. The molecule has 25 heavy (non-hydrogen) atoms. The molecule has 0 spiro atoms. The maximum Gasteiger partial charge on any atom is 0.242 e. The lowest BCUT2D eigenvalue weighted by Gasteiger charge is -2.21. The predicted molar refractivity (Wildman–Crippen MR) is 96.0 cm³/mol. The third-order valence-electron chi connectivity index (χ3n) is 4.83. The molecule has 0 aromatic heterocycles. The van der Waals surface area contributed by atoms with E-state index in [1.165, 1.54) is 11.1 Å². The number of fused-ring (bicyclic) bond motifs is 2. The second-order valence-electron chi connectivity index (χ2n) is 7.07. The molecule has 2 aliphatic rings. The SMILES string of the molecule is CC(C)c1ccc2c(c1)OC(CC(C)c1ccc3c(c1)OCCO3)O2.